The van der Waals surface area contributed by atoms with Crippen molar-refractivity contribution in [2.45, 2.75) is 32.4 Å². The zero-order valence-electron chi connectivity index (χ0n) is 15.2. The summed E-state index contributed by atoms with van der Waals surface area (Å²) < 4.78 is 0. The molecule has 1 aromatic carbocycles. The van der Waals surface area contributed by atoms with Gasteiger partial charge in [0.2, 0.25) is 0 Å². The molecule has 1 atom stereocenters. The van der Waals surface area contributed by atoms with Gasteiger partial charge in [-0.25, -0.2) is 0 Å². The van der Waals surface area contributed by atoms with Gasteiger partial charge in [0.15, 0.2) is 5.17 Å². The maximum Gasteiger partial charge on any atom is 0.254 e. The second-order valence-corrected chi connectivity index (χ2v) is 7.69. The molecule has 0 saturated carbocycles. The summed E-state index contributed by atoms with van der Waals surface area (Å²) in [6, 6.07) is 11.7. The molecule has 1 aliphatic heterocycles. The van der Waals surface area contributed by atoms with Gasteiger partial charge in [-0.1, -0.05) is 23.9 Å². The molecular formula is C20H24N4OS. The van der Waals surface area contributed by atoms with Crippen LogP contribution in [0.5, 0.6) is 0 Å². The first kappa shape index (κ1) is 18.5. The fourth-order valence-electron chi connectivity index (χ4n) is 3.08. The van der Waals surface area contributed by atoms with E-state index in [1.54, 1.807) is 24.2 Å². The lowest BCUT2D eigenvalue weighted by molar-refractivity contribution is 0.0752. The van der Waals surface area contributed by atoms with Crippen LogP contribution in [0.25, 0.3) is 0 Å². The van der Waals surface area contributed by atoms with Gasteiger partial charge in [-0.15, -0.1) is 0 Å². The van der Waals surface area contributed by atoms with Crippen molar-refractivity contribution in [1.29, 1.82) is 0 Å². The zero-order valence-corrected chi connectivity index (χ0v) is 16.0. The predicted octanol–water partition coefficient (Wildman–Crippen LogP) is 3.41. The van der Waals surface area contributed by atoms with Gasteiger partial charge in [0.05, 0.1) is 5.54 Å². The van der Waals surface area contributed by atoms with E-state index in [9.17, 15) is 4.79 Å². The molecule has 0 aliphatic carbocycles. The molecule has 1 amide bonds. The van der Waals surface area contributed by atoms with Crippen LogP contribution in [0.2, 0.25) is 0 Å². The summed E-state index contributed by atoms with van der Waals surface area (Å²) in [5.41, 5.74) is 8.45. The predicted molar refractivity (Wildman–Crippen MR) is 107 cm³/mol. The van der Waals surface area contributed by atoms with E-state index in [1.165, 1.54) is 0 Å². The van der Waals surface area contributed by atoms with Crippen LogP contribution in [0.3, 0.4) is 0 Å². The van der Waals surface area contributed by atoms with E-state index in [1.807, 2.05) is 48.2 Å². The number of aromatic nitrogens is 1. The van der Waals surface area contributed by atoms with E-state index in [-0.39, 0.29) is 11.4 Å². The number of nitrogens with two attached hydrogens (primary N) is 1. The second kappa shape index (κ2) is 7.91. The molecular weight excluding hydrogens is 344 g/mol. The molecule has 0 radical (unpaired) electrons. The number of aliphatic imine (C=N–C) groups is 1. The number of amidine groups is 1. The Morgan fingerprint density at radius 2 is 1.92 bits per heavy atom. The van der Waals surface area contributed by atoms with Crippen LogP contribution in [-0.2, 0) is 12.1 Å². The minimum absolute atomic E-state index is 0.0308. The van der Waals surface area contributed by atoms with Crippen LogP contribution in [0, 0.1) is 0 Å². The minimum atomic E-state index is -0.307. The Bertz CT molecular complexity index is 791. The van der Waals surface area contributed by atoms with Gasteiger partial charge in [0, 0.05) is 36.8 Å². The first-order valence-electron chi connectivity index (χ1n) is 8.78. The fraction of sp³-hybridized carbons (Fsp3) is 0.350. The van der Waals surface area contributed by atoms with Crippen molar-refractivity contribution < 1.29 is 4.79 Å². The third-order valence-corrected chi connectivity index (χ3v) is 5.54. The Morgan fingerprint density at radius 3 is 2.54 bits per heavy atom. The first-order chi connectivity index (χ1) is 12.5. The number of amides is 1. The molecule has 5 nitrogen and oxygen atoms in total. The Balaban J connectivity index is 1.77. The van der Waals surface area contributed by atoms with E-state index in [0.29, 0.717) is 23.8 Å². The van der Waals surface area contributed by atoms with E-state index >= 15 is 0 Å². The molecule has 6 heteroatoms. The first-order valence-corrected chi connectivity index (χ1v) is 9.77. The highest BCUT2D eigenvalue weighted by Gasteiger charge is 2.29. The minimum Gasteiger partial charge on any atom is -0.379 e. The second-order valence-electron chi connectivity index (χ2n) is 6.57. The lowest BCUT2D eigenvalue weighted by atomic mass is 9.89. The Morgan fingerprint density at radius 1 is 1.23 bits per heavy atom. The van der Waals surface area contributed by atoms with Crippen LogP contribution in [0.1, 0.15) is 41.8 Å². The van der Waals surface area contributed by atoms with E-state index in [4.69, 9.17) is 5.73 Å². The number of pyridine rings is 1. The molecule has 136 valence electrons. The highest BCUT2D eigenvalue weighted by Crippen LogP contribution is 2.35. The summed E-state index contributed by atoms with van der Waals surface area (Å²) in [6.07, 6.45) is 4.43. The summed E-state index contributed by atoms with van der Waals surface area (Å²) in [6.45, 7) is 5.32. The number of thioether (sulfide) groups is 1. The molecule has 1 unspecified atom stereocenters. The van der Waals surface area contributed by atoms with Gasteiger partial charge in [-0.3, -0.25) is 14.8 Å². The summed E-state index contributed by atoms with van der Waals surface area (Å²) in [5, 5.41) is 0.633. The standard InChI is InChI=1S/C20H24N4OS/c1-3-24(14-15-8-11-22-12-9-15)18(25)16-4-6-17(7-5-16)20(2)10-13-26-19(21)23-20/h4-9,11-12H,3,10,13-14H2,1-2H3,(H2,21,23). The smallest absolute Gasteiger partial charge is 0.254 e. The van der Waals surface area contributed by atoms with Crippen molar-refractivity contribution >= 4 is 22.8 Å². The van der Waals surface area contributed by atoms with Crippen LogP contribution in [0.15, 0.2) is 53.8 Å². The highest BCUT2D eigenvalue weighted by molar-refractivity contribution is 8.13. The van der Waals surface area contributed by atoms with Crippen LogP contribution >= 0.6 is 11.8 Å². The maximum atomic E-state index is 12.9. The van der Waals surface area contributed by atoms with Gasteiger partial charge in [-0.05, 0) is 55.7 Å². The fourth-order valence-corrected chi connectivity index (χ4v) is 4.06. The van der Waals surface area contributed by atoms with Crippen molar-refractivity contribution in [2.24, 2.45) is 10.7 Å². The van der Waals surface area contributed by atoms with Gasteiger partial charge in [0.1, 0.15) is 0 Å². The van der Waals surface area contributed by atoms with Gasteiger partial charge >= 0.3 is 0 Å². The van der Waals surface area contributed by atoms with Crippen LogP contribution in [0.4, 0.5) is 0 Å². The Hall–Kier alpha value is -2.34. The molecule has 0 fully saturated rings. The normalized spacial score (nSPS) is 19.7. The molecule has 0 spiro atoms. The largest absolute Gasteiger partial charge is 0.379 e. The topological polar surface area (TPSA) is 71.6 Å². The number of nitrogens with zero attached hydrogens (tertiary/aromatic N) is 3. The van der Waals surface area contributed by atoms with Gasteiger partial charge in [0.25, 0.3) is 5.91 Å². The number of carbonyl (C=O) groups is 1. The number of hydrogen-bond acceptors (Lipinski definition) is 5. The third kappa shape index (κ3) is 4.07. The quantitative estimate of drug-likeness (QED) is 0.878. The molecule has 1 aliphatic rings. The molecule has 2 heterocycles. The number of benzene rings is 1. The summed E-state index contributed by atoms with van der Waals surface area (Å²) in [4.78, 5) is 23.3. The van der Waals surface area contributed by atoms with Crippen LogP contribution < -0.4 is 5.73 Å². The molecule has 0 bridgehead atoms. The number of hydrogen-bond donors (Lipinski definition) is 1. The Kier molecular flexibility index (Phi) is 5.61. The van der Waals surface area contributed by atoms with E-state index < -0.39 is 0 Å². The third-order valence-electron chi connectivity index (χ3n) is 4.74. The van der Waals surface area contributed by atoms with Gasteiger partial charge < -0.3 is 10.6 Å². The van der Waals surface area contributed by atoms with Crippen molar-refractivity contribution in [3.63, 3.8) is 0 Å². The van der Waals surface area contributed by atoms with Crippen molar-refractivity contribution in [2.75, 3.05) is 12.3 Å². The summed E-state index contributed by atoms with van der Waals surface area (Å²) in [7, 11) is 0. The molecule has 26 heavy (non-hydrogen) atoms. The Labute approximate surface area is 158 Å². The SMILES string of the molecule is CCN(Cc1ccncc1)C(=O)c1ccc(C2(C)CCSC(N)=N2)cc1. The molecule has 3 rings (SSSR count). The van der Waals surface area contributed by atoms with Crippen LogP contribution in [-0.4, -0.2) is 33.3 Å². The van der Waals surface area contributed by atoms with Crippen molar-refractivity contribution in [3.8, 4) is 0 Å². The number of rotatable bonds is 5. The van der Waals surface area contributed by atoms with E-state index in [0.717, 1.165) is 23.3 Å². The van der Waals surface area contributed by atoms with Gasteiger partial charge in [-0.2, -0.15) is 0 Å². The lowest BCUT2D eigenvalue weighted by Crippen LogP contribution is -2.31. The zero-order chi connectivity index (χ0) is 18.6. The molecule has 2 N–H and O–H groups in total. The molecule has 2 aromatic rings. The van der Waals surface area contributed by atoms with E-state index in [2.05, 4.69) is 16.9 Å². The summed E-state index contributed by atoms with van der Waals surface area (Å²) >= 11 is 1.59. The maximum absolute atomic E-state index is 12.9. The average molecular weight is 369 g/mol. The number of carbonyl (C=O) groups excluding carboxylic acids is 1. The monoisotopic (exact) mass is 368 g/mol. The highest BCUT2D eigenvalue weighted by atomic mass is 32.2. The van der Waals surface area contributed by atoms with Crippen molar-refractivity contribution in [3.05, 3.63) is 65.5 Å². The average Bonchev–Trinajstić information content (AvgIpc) is 2.66. The molecule has 0 saturated heterocycles. The van der Waals surface area contributed by atoms with Crippen molar-refractivity contribution in [1.82, 2.24) is 9.88 Å². The summed E-state index contributed by atoms with van der Waals surface area (Å²) in [5.74, 6) is 0.991. The lowest BCUT2D eigenvalue weighted by Gasteiger charge is -2.30. The molecule has 1 aromatic heterocycles.